The molecule has 86 valence electrons. The van der Waals surface area contributed by atoms with E-state index >= 15 is 0 Å². The summed E-state index contributed by atoms with van der Waals surface area (Å²) in [5.41, 5.74) is -0.779. The zero-order valence-corrected chi connectivity index (χ0v) is 10.5. The van der Waals surface area contributed by atoms with Gasteiger partial charge in [0.25, 0.3) is 5.91 Å². The van der Waals surface area contributed by atoms with Crippen molar-refractivity contribution in [3.63, 3.8) is 0 Å². The van der Waals surface area contributed by atoms with E-state index in [-0.39, 0.29) is 11.9 Å². The van der Waals surface area contributed by atoms with Gasteiger partial charge >= 0.3 is 6.03 Å². The second kappa shape index (κ2) is 4.04. The summed E-state index contributed by atoms with van der Waals surface area (Å²) in [6, 6.07) is -0.217. The molecule has 1 saturated heterocycles. The molecule has 0 saturated carbocycles. The van der Waals surface area contributed by atoms with Crippen molar-refractivity contribution >= 4 is 24.6 Å². The average molecular weight is 230 g/mol. The zero-order chi connectivity index (χ0) is 11.8. The van der Waals surface area contributed by atoms with Crippen molar-refractivity contribution in [2.45, 2.75) is 26.3 Å². The highest BCUT2D eigenvalue weighted by molar-refractivity contribution is 7.80. The normalized spacial score (nSPS) is 27.1. The molecular formula is C10H18N2O2S. The van der Waals surface area contributed by atoms with E-state index in [1.54, 1.807) is 11.8 Å². The Morgan fingerprint density at radius 1 is 1.40 bits per heavy atom. The van der Waals surface area contributed by atoms with Crippen LogP contribution < -0.4 is 0 Å². The number of amides is 3. The molecule has 1 rings (SSSR count). The highest BCUT2D eigenvalue weighted by atomic mass is 32.1. The lowest BCUT2D eigenvalue weighted by molar-refractivity contribution is -0.130. The Kier molecular flexibility index (Phi) is 3.33. The van der Waals surface area contributed by atoms with Gasteiger partial charge in [-0.3, -0.25) is 9.69 Å². The van der Waals surface area contributed by atoms with E-state index in [0.717, 1.165) is 0 Å². The highest BCUT2D eigenvalue weighted by Gasteiger charge is 2.51. The Morgan fingerprint density at radius 2 is 1.93 bits per heavy atom. The molecule has 1 aliphatic rings. The van der Waals surface area contributed by atoms with Crippen LogP contribution in [0.3, 0.4) is 0 Å². The molecule has 0 spiro atoms. The van der Waals surface area contributed by atoms with Crippen LogP contribution in [0.15, 0.2) is 0 Å². The number of urea groups is 1. The van der Waals surface area contributed by atoms with E-state index in [2.05, 4.69) is 12.6 Å². The minimum absolute atomic E-state index is 0.164. The van der Waals surface area contributed by atoms with Crippen LogP contribution in [0, 0.1) is 5.92 Å². The van der Waals surface area contributed by atoms with Gasteiger partial charge in [-0.15, -0.1) is 0 Å². The molecule has 0 aliphatic carbocycles. The molecule has 0 bridgehead atoms. The molecule has 1 heterocycles. The standard InChI is InChI=1S/C10H18N2O2S/c1-7(2)5-12-9(14)11(4)8(13)10(12,3)6-15/h7,15H,5-6H2,1-4H3. The van der Waals surface area contributed by atoms with Crippen molar-refractivity contribution in [1.82, 2.24) is 9.80 Å². The summed E-state index contributed by atoms with van der Waals surface area (Å²) in [6.07, 6.45) is 0. The van der Waals surface area contributed by atoms with Gasteiger partial charge in [0.1, 0.15) is 5.54 Å². The van der Waals surface area contributed by atoms with E-state index in [1.165, 1.54) is 11.9 Å². The SMILES string of the molecule is CC(C)CN1C(=O)N(C)C(=O)C1(C)CS. The van der Waals surface area contributed by atoms with Gasteiger partial charge in [-0.1, -0.05) is 13.8 Å². The van der Waals surface area contributed by atoms with Gasteiger partial charge in [0.15, 0.2) is 0 Å². The van der Waals surface area contributed by atoms with E-state index in [1.807, 2.05) is 13.8 Å². The van der Waals surface area contributed by atoms with Gasteiger partial charge in [0.2, 0.25) is 0 Å². The Hall–Kier alpha value is -0.710. The largest absolute Gasteiger partial charge is 0.327 e. The van der Waals surface area contributed by atoms with Crippen LogP contribution in [0.2, 0.25) is 0 Å². The van der Waals surface area contributed by atoms with Crippen LogP contribution in [0.4, 0.5) is 4.79 Å². The van der Waals surface area contributed by atoms with Gasteiger partial charge in [-0.2, -0.15) is 12.6 Å². The molecule has 0 aromatic carbocycles. The minimum Gasteiger partial charge on any atom is -0.309 e. The number of carbonyl (C=O) groups excluding carboxylic acids is 2. The van der Waals surface area contributed by atoms with Gasteiger partial charge in [-0.25, -0.2) is 4.79 Å². The molecule has 1 unspecified atom stereocenters. The molecule has 5 heteroatoms. The number of likely N-dealkylation sites (N-methyl/N-ethyl adjacent to an activating group) is 1. The fraction of sp³-hybridized carbons (Fsp3) is 0.800. The lowest BCUT2D eigenvalue weighted by Crippen LogP contribution is -2.50. The first-order chi connectivity index (χ1) is 6.84. The Labute approximate surface area is 96.0 Å². The number of thiol groups is 1. The van der Waals surface area contributed by atoms with Crippen molar-refractivity contribution in [3.8, 4) is 0 Å². The maximum atomic E-state index is 11.9. The molecule has 0 aromatic rings. The molecule has 1 aliphatic heterocycles. The van der Waals surface area contributed by atoms with Crippen molar-refractivity contribution in [1.29, 1.82) is 0 Å². The second-order valence-corrected chi connectivity index (χ2v) is 4.90. The second-order valence-electron chi connectivity index (χ2n) is 4.58. The first-order valence-electron chi connectivity index (χ1n) is 5.05. The van der Waals surface area contributed by atoms with Crippen molar-refractivity contribution in [2.75, 3.05) is 19.3 Å². The Morgan fingerprint density at radius 3 is 2.33 bits per heavy atom. The van der Waals surface area contributed by atoms with E-state index in [0.29, 0.717) is 18.2 Å². The molecular weight excluding hydrogens is 212 g/mol. The van der Waals surface area contributed by atoms with Crippen LogP contribution in [-0.4, -0.2) is 46.6 Å². The van der Waals surface area contributed by atoms with Crippen LogP contribution in [0.1, 0.15) is 20.8 Å². The third kappa shape index (κ3) is 1.85. The topological polar surface area (TPSA) is 40.6 Å². The summed E-state index contributed by atoms with van der Waals surface area (Å²) in [5.74, 6) is 0.532. The first-order valence-corrected chi connectivity index (χ1v) is 5.68. The van der Waals surface area contributed by atoms with Crippen LogP contribution >= 0.6 is 12.6 Å². The summed E-state index contributed by atoms with van der Waals surface area (Å²) >= 11 is 4.18. The molecule has 1 atom stereocenters. The monoisotopic (exact) mass is 230 g/mol. The van der Waals surface area contributed by atoms with Gasteiger partial charge < -0.3 is 4.90 Å². The maximum absolute atomic E-state index is 11.9. The third-order valence-electron chi connectivity index (χ3n) is 2.73. The maximum Gasteiger partial charge on any atom is 0.327 e. The molecule has 0 aromatic heterocycles. The number of imide groups is 1. The van der Waals surface area contributed by atoms with E-state index < -0.39 is 5.54 Å². The number of nitrogens with zero attached hydrogens (tertiary/aromatic N) is 2. The highest BCUT2D eigenvalue weighted by Crippen LogP contribution is 2.28. The summed E-state index contributed by atoms with van der Waals surface area (Å²) in [7, 11) is 1.52. The van der Waals surface area contributed by atoms with Crippen molar-refractivity contribution in [2.24, 2.45) is 5.92 Å². The zero-order valence-electron chi connectivity index (χ0n) is 9.65. The smallest absolute Gasteiger partial charge is 0.309 e. The lowest BCUT2D eigenvalue weighted by atomic mass is 10.0. The van der Waals surface area contributed by atoms with Crippen LogP contribution in [0.25, 0.3) is 0 Å². The fourth-order valence-electron chi connectivity index (χ4n) is 1.75. The Balaban J connectivity index is 3.01. The first kappa shape index (κ1) is 12.4. The van der Waals surface area contributed by atoms with E-state index in [9.17, 15) is 9.59 Å². The molecule has 0 radical (unpaired) electrons. The summed E-state index contributed by atoms with van der Waals surface area (Å²) in [4.78, 5) is 26.5. The van der Waals surface area contributed by atoms with Gasteiger partial charge in [0.05, 0.1) is 0 Å². The minimum atomic E-state index is -0.779. The van der Waals surface area contributed by atoms with Gasteiger partial charge in [-0.05, 0) is 12.8 Å². The number of carbonyl (C=O) groups is 2. The third-order valence-corrected chi connectivity index (χ3v) is 3.35. The van der Waals surface area contributed by atoms with Gasteiger partial charge in [0, 0.05) is 19.3 Å². The number of rotatable bonds is 3. The van der Waals surface area contributed by atoms with Crippen molar-refractivity contribution in [3.05, 3.63) is 0 Å². The summed E-state index contributed by atoms with van der Waals surface area (Å²) in [5, 5.41) is 0. The van der Waals surface area contributed by atoms with Crippen LogP contribution in [0.5, 0.6) is 0 Å². The number of hydrogen-bond acceptors (Lipinski definition) is 3. The van der Waals surface area contributed by atoms with Crippen LogP contribution in [-0.2, 0) is 4.79 Å². The average Bonchev–Trinajstić information content (AvgIpc) is 2.34. The lowest BCUT2D eigenvalue weighted by Gasteiger charge is -2.31. The molecule has 0 N–H and O–H groups in total. The quantitative estimate of drug-likeness (QED) is 0.585. The Bertz CT molecular complexity index is 293. The number of hydrogen-bond donors (Lipinski definition) is 1. The predicted molar refractivity (Wildman–Crippen MR) is 62.0 cm³/mol. The molecule has 15 heavy (non-hydrogen) atoms. The van der Waals surface area contributed by atoms with Crippen molar-refractivity contribution < 1.29 is 9.59 Å². The fourth-order valence-corrected chi connectivity index (χ4v) is 2.06. The summed E-state index contributed by atoms with van der Waals surface area (Å²) in [6.45, 7) is 6.40. The predicted octanol–water partition coefficient (Wildman–Crippen LogP) is 1.22. The van der Waals surface area contributed by atoms with E-state index in [4.69, 9.17) is 0 Å². The summed E-state index contributed by atoms with van der Waals surface area (Å²) < 4.78 is 0. The molecule has 1 fully saturated rings. The molecule has 4 nitrogen and oxygen atoms in total. The molecule has 3 amide bonds.